The van der Waals surface area contributed by atoms with Gasteiger partial charge < -0.3 is 15.0 Å². The third kappa shape index (κ3) is 3.16. The van der Waals surface area contributed by atoms with Crippen molar-refractivity contribution in [2.45, 2.75) is 6.10 Å². The number of morpholine rings is 1. The van der Waals surface area contributed by atoms with Gasteiger partial charge in [0.15, 0.2) is 5.69 Å². The lowest BCUT2D eigenvalue weighted by atomic mass is 10.2. The van der Waals surface area contributed by atoms with Crippen LogP contribution in [0.5, 0.6) is 0 Å². The zero-order chi connectivity index (χ0) is 12.1. The number of nitrogens with one attached hydrogen (secondary N) is 1. The smallest absolute Gasteiger partial charge is 0.163 e. The molecule has 1 aromatic rings. The molecule has 2 rings (SSSR count). The van der Waals surface area contributed by atoms with Gasteiger partial charge in [-0.3, -0.25) is 0 Å². The summed E-state index contributed by atoms with van der Waals surface area (Å²) in [5, 5.41) is 12.1. The molecule has 2 heterocycles. The molecule has 0 saturated carbocycles. The van der Waals surface area contributed by atoms with E-state index in [2.05, 4.69) is 28.3 Å². The van der Waals surface area contributed by atoms with Crippen molar-refractivity contribution in [1.29, 1.82) is 5.26 Å². The van der Waals surface area contributed by atoms with Crippen molar-refractivity contribution in [2.75, 3.05) is 38.6 Å². The Labute approximate surface area is 101 Å². The molecular formula is C12H16N4O. The zero-order valence-corrected chi connectivity index (χ0v) is 9.89. The molecule has 1 saturated heterocycles. The minimum absolute atomic E-state index is 0.167. The molecule has 1 aliphatic rings. The normalized spacial score (nSPS) is 20.8. The molecule has 90 valence electrons. The predicted octanol–water partition coefficient (Wildman–Crippen LogP) is 0.696. The first-order valence-corrected chi connectivity index (χ1v) is 5.68. The summed E-state index contributed by atoms with van der Waals surface area (Å²) in [6.07, 6.45) is 1.79. The summed E-state index contributed by atoms with van der Waals surface area (Å²) in [5.41, 5.74) is 1.20. The van der Waals surface area contributed by atoms with Gasteiger partial charge in [-0.2, -0.15) is 5.26 Å². The van der Waals surface area contributed by atoms with Crippen molar-refractivity contribution in [1.82, 2.24) is 9.88 Å². The van der Waals surface area contributed by atoms with Gasteiger partial charge in [0, 0.05) is 25.8 Å². The summed E-state index contributed by atoms with van der Waals surface area (Å²) in [6, 6.07) is 5.74. The molecule has 0 bridgehead atoms. The maximum Gasteiger partial charge on any atom is 0.163 e. The van der Waals surface area contributed by atoms with Crippen LogP contribution >= 0.6 is 0 Å². The van der Waals surface area contributed by atoms with Gasteiger partial charge in [0.25, 0.3) is 0 Å². The highest BCUT2D eigenvalue weighted by atomic mass is 16.5. The van der Waals surface area contributed by atoms with Crippen molar-refractivity contribution >= 4 is 5.69 Å². The van der Waals surface area contributed by atoms with E-state index in [1.165, 1.54) is 0 Å². The van der Waals surface area contributed by atoms with Crippen molar-refractivity contribution < 1.29 is 4.74 Å². The molecule has 5 heteroatoms. The number of nitriles is 1. The lowest BCUT2D eigenvalue weighted by Crippen LogP contribution is -2.43. The molecule has 5 nitrogen and oxygen atoms in total. The fourth-order valence-corrected chi connectivity index (χ4v) is 1.85. The third-order valence-corrected chi connectivity index (χ3v) is 2.78. The zero-order valence-electron chi connectivity index (χ0n) is 9.89. The number of hydrogen-bond acceptors (Lipinski definition) is 5. The van der Waals surface area contributed by atoms with Crippen molar-refractivity contribution in [3.05, 3.63) is 24.0 Å². The average Bonchev–Trinajstić information content (AvgIpc) is 2.37. The predicted molar refractivity (Wildman–Crippen MR) is 64.7 cm³/mol. The molecule has 1 fully saturated rings. The number of hydrogen-bond donors (Lipinski definition) is 1. The number of nitrogens with zero attached hydrogens (tertiary/aromatic N) is 3. The van der Waals surface area contributed by atoms with Gasteiger partial charge in [-0.05, 0) is 19.2 Å². The maximum absolute atomic E-state index is 8.91. The Kier molecular flexibility index (Phi) is 3.91. The SMILES string of the molecule is CN1CCOC(CNc2cccnc2C#N)C1. The summed E-state index contributed by atoms with van der Waals surface area (Å²) >= 11 is 0. The van der Waals surface area contributed by atoms with E-state index in [4.69, 9.17) is 10.00 Å². The van der Waals surface area contributed by atoms with E-state index >= 15 is 0 Å². The summed E-state index contributed by atoms with van der Waals surface area (Å²) in [5.74, 6) is 0. The van der Waals surface area contributed by atoms with E-state index in [1.54, 1.807) is 6.20 Å². The average molecular weight is 232 g/mol. The summed E-state index contributed by atoms with van der Waals surface area (Å²) in [7, 11) is 2.08. The van der Waals surface area contributed by atoms with Gasteiger partial charge in [0.2, 0.25) is 0 Å². The first-order valence-electron chi connectivity index (χ1n) is 5.68. The number of pyridine rings is 1. The Balaban J connectivity index is 1.91. The van der Waals surface area contributed by atoms with Crippen LogP contribution in [0, 0.1) is 11.3 Å². The van der Waals surface area contributed by atoms with E-state index in [1.807, 2.05) is 12.1 Å². The van der Waals surface area contributed by atoms with Gasteiger partial charge in [-0.15, -0.1) is 0 Å². The first-order chi connectivity index (χ1) is 8.29. The van der Waals surface area contributed by atoms with Crippen LogP contribution in [0.1, 0.15) is 5.69 Å². The molecule has 0 amide bonds. The minimum atomic E-state index is 0.167. The lowest BCUT2D eigenvalue weighted by molar-refractivity contribution is -0.0117. The number of aromatic nitrogens is 1. The second-order valence-corrected chi connectivity index (χ2v) is 4.15. The number of anilines is 1. The molecule has 0 aliphatic carbocycles. The molecule has 1 atom stereocenters. The van der Waals surface area contributed by atoms with E-state index in [9.17, 15) is 0 Å². The van der Waals surface area contributed by atoms with Gasteiger partial charge >= 0.3 is 0 Å². The summed E-state index contributed by atoms with van der Waals surface area (Å²) < 4.78 is 5.64. The van der Waals surface area contributed by atoms with Crippen LogP contribution in [-0.2, 0) is 4.74 Å². The van der Waals surface area contributed by atoms with E-state index < -0.39 is 0 Å². The fourth-order valence-electron chi connectivity index (χ4n) is 1.85. The highest BCUT2D eigenvalue weighted by Crippen LogP contribution is 2.11. The Bertz CT molecular complexity index is 415. The van der Waals surface area contributed by atoms with Crippen LogP contribution in [0.25, 0.3) is 0 Å². The van der Waals surface area contributed by atoms with Crippen LogP contribution in [0.4, 0.5) is 5.69 Å². The van der Waals surface area contributed by atoms with Crippen LogP contribution in [0.2, 0.25) is 0 Å². The van der Waals surface area contributed by atoms with Crippen LogP contribution < -0.4 is 5.32 Å². The van der Waals surface area contributed by atoms with Crippen molar-refractivity contribution in [2.24, 2.45) is 0 Å². The lowest BCUT2D eigenvalue weighted by Gasteiger charge is -2.30. The molecule has 0 aromatic carbocycles. The maximum atomic E-state index is 8.91. The van der Waals surface area contributed by atoms with Crippen molar-refractivity contribution in [3.63, 3.8) is 0 Å². The van der Waals surface area contributed by atoms with Gasteiger partial charge in [-0.25, -0.2) is 4.98 Å². The number of ether oxygens (including phenoxy) is 1. The van der Waals surface area contributed by atoms with Crippen LogP contribution in [0.3, 0.4) is 0 Å². The van der Waals surface area contributed by atoms with Crippen molar-refractivity contribution in [3.8, 4) is 6.07 Å². The fraction of sp³-hybridized carbons (Fsp3) is 0.500. The second-order valence-electron chi connectivity index (χ2n) is 4.15. The monoisotopic (exact) mass is 232 g/mol. The molecule has 1 N–H and O–H groups in total. The Morgan fingerprint density at radius 1 is 1.71 bits per heavy atom. The molecule has 1 aliphatic heterocycles. The number of likely N-dealkylation sites (N-methyl/N-ethyl adjacent to an activating group) is 1. The Hall–Kier alpha value is -1.64. The summed E-state index contributed by atoms with van der Waals surface area (Å²) in [6.45, 7) is 3.35. The standard InChI is InChI=1S/C12H16N4O/c1-16-5-6-17-10(9-16)8-15-11-3-2-4-14-12(11)7-13/h2-4,10,15H,5-6,8-9H2,1H3. The van der Waals surface area contributed by atoms with Gasteiger partial charge in [0.05, 0.1) is 18.4 Å². The topological polar surface area (TPSA) is 61.2 Å². The highest BCUT2D eigenvalue weighted by Gasteiger charge is 2.17. The molecule has 1 unspecified atom stereocenters. The Morgan fingerprint density at radius 2 is 2.59 bits per heavy atom. The molecule has 0 spiro atoms. The first kappa shape index (κ1) is 11.8. The van der Waals surface area contributed by atoms with Crippen LogP contribution in [0.15, 0.2) is 18.3 Å². The highest BCUT2D eigenvalue weighted by molar-refractivity contribution is 5.53. The molecule has 0 radical (unpaired) electrons. The quantitative estimate of drug-likeness (QED) is 0.831. The molecular weight excluding hydrogens is 216 g/mol. The van der Waals surface area contributed by atoms with Crippen LogP contribution in [-0.4, -0.2) is 49.3 Å². The molecule has 1 aromatic heterocycles. The van der Waals surface area contributed by atoms with E-state index in [-0.39, 0.29) is 6.10 Å². The van der Waals surface area contributed by atoms with Gasteiger partial charge in [-0.1, -0.05) is 0 Å². The Morgan fingerprint density at radius 3 is 3.35 bits per heavy atom. The largest absolute Gasteiger partial charge is 0.380 e. The second kappa shape index (κ2) is 5.62. The molecule has 17 heavy (non-hydrogen) atoms. The van der Waals surface area contributed by atoms with E-state index in [0.717, 1.165) is 25.4 Å². The minimum Gasteiger partial charge on any atom is -0.380 e. The number of rotatable bonds is 3. The van der Waals surface area contributed by atoms with Gasteiger partial charge in [0.1, 0.15) is 6.07 Å². The van der Waals surface area contributed by atoms with E-state index in [0.29, 0.717) is 12.2 Å². The third-order valence-electron chi connectivity index (χ3n) is 2.78. The summed E-state index contributed by atoms with van der Waals surface area (Å²) in [4.78, 5) is 6.24.